The van der Waals surface area contributed by atoms with Crippen LogP contribution in [0.3, 0.4) is 0 Å². The Morgan fingerprint density at radius 1 is 1.28 bits per heavy atom. The molecule has 2 rings (SSSR count). The molecule has 0 aliphatic heterocycles. The van der Waals surface area contributed by atoms with E-state index in [-0.39, 0.29) is 12.5 Å². The van der Waals surface area contributed by atoms with E-state index in [1.54, 1.807) is 0 Å². The van der Waals surface area contributed by atoms with E-state index in [0.717, 1.165) is 6.42 Å². The molecule has 1 aromatic carbocycles. The third-order valence-corrected chi connectivity index (χ3v) is 4.94. The topological polar surface area (TPSA) is 84.2 Å². The lowest BCUT2D eigenvalue weighted by molar-refractivity contribution is -0.127. The summed E-state index contributed by atoms with van der Waals surface area (Å²) in [5.74, 6) is -0.692. The first-order chi connectivity index (χ1) is 12.0. The van der Waals surface area contributed by atoms with Crippen LogP contribution in [0.4, 0.5) is 10.1 Å². The second-order valence-electron chi connectivity index (χ2n) is 6.57. The third-order valence-electron chi connectivity index (χ3n) is 4.61. The molecule has 5 nitrogen and oxygen atoms in total. The average Bonchev–Trinajstić information content (AvgIpc) is 2.60. The van der Waals surface area contributed by atoms with Crippen LogP contribution in [0.25, 0.3) is 0 Å². The summed E-state index contributed by atoms with van der Waals surface area (Å²) in [7, 11) is 0. The number of amides is 2. The molecule has 1 aliphatic carbocycles. The molecule has 0 radical (unpaired) electrons. The van der Waals surface area contributed by atoms with Crippen LogP contribution in [0.1, 0.15) is 44.9 Å². The van der Waals surface area contributed by atoms with Crippen LogP contribution in [-0.2, 0) is 9.59 Å². The number of hydrogen-bond acceptors (Lipinski definition) is 3. The van der Waals surface area contributed by atoms with Gasteiger partial charge in [-0.1, -0.05) is 43.7 Å². The Bertz CT molecular complexity index is 606. The lowest BCUT2D eigenvalue weighted by atomic mass is 9.86. The smallest absolute Gasteiger partial charge is 0.241 e. The molecule has 1 aromatic rings. The number of carbonyl (C=O) groups is 2. The Labute approximate surface area is 152 Å². The van der Waals surface area contributed by atoms with Crippen LogP contribution in [0.15, 0.2) is 18.2 Å². The van der Waals surface area contributed by atoms with Crippen molar-refractivity contribution in [3.63, 3.8) is 0 Å². The summed E-state index contributed by atoms with van der Waals surface area (Å²) in [6.45, 7) is 0.0493. The molecular weight excluding hydrogens is 345 g/mol. The Morgan fingerprint density at radius 3 is 2.68 bits per heavy atom. The van der Waals surface area contributed by atoms with Gasteiger partial charge in [0.1, 0.15) is 11.9 Å². The third kappa shape index (κ3) is 6.53. The fourth-order valence-electron chi connectivity index (χ4n) is 3.15. The molecule has 1 unspecified atom stereocenters. The van der Waals surface area contributed by atoms with Crippen molar-refractivity contribution in [2.75, 3.05) is 11.9 Å². The summed E-state index contributed by atoms with van der Waals surface area (Å²) in [4.78, 5) is 23.7. The fourth-order valence-corrected chi connectivity index (χ4v) is 3.33. The summed E-state index contributed by atoms with van der Waals surface area (Å²) in [6.07, 6.45) is 7.30. The summed E-state index contributed by atoms with van der Waals surface area (Å²) in [5.41, 5.74) is 5.71. The van der Waals surface area contributed by atoms with E-state index in [4.69, 9.17) is 17.3 Å². The highest BCUT2D eigenvalue weighted by molar-refractivity contribution is 6.33. The van der Waals surface area contributed by atoms with Crippen molar-refractivity contribution < 1.29 is 14.0 Å². The van der Waals surface area contributed by atoms with Gasteiger partial charge in [-0.3, -0.25) is 9.59 Å². The van der Waals surface area contributed by atoms with Gasteiger partial charge in [-0.15, -0.1) is 0 Å². The Kier molecular flexibility index (Phi) is 7.50. The lowest BCUT2D eigenvalue weighted by Crippen LogP contribution is -2.48. The number of anilines is 1. The number of benzene rings is 1. The fraction of sp³-hybridized carbons (Fsp3) is 0.556. The molecule has 0 aromatic heterocycles. The molecule has 7 heteroatoms. The number of rotatable bonds is 8. The second-order valence-corrected chi connectivity index (χ2v) is 6.98. The highest BCUT2D eigenvalue weighted by Gasteiger charge is 2.20. The van der Waals surface area contributed by atoms with Gasteiger partial charge in [-0.2, -0.15) is 0 Å². The van der Waals surface area contributed by atoms with Crippen molar-refractivity contribution in [1.82, 2.24) is 5.32 Å². The number of nitrogens with two attached hydrogens (primary N) is 1. The van der Waals surface area contributed by atoms with Crippen LogP contribution in [0, 0.1) is 11.7 Å². The molecule has 0 heterocycles. The van der Waals surface area contributed by atoms with Gasteiger partial charge in [-0.25, -0.2) is 4.39 Å². The van der Waals surface area contributed by atoms with Gasteiger partial charge in [0, 0.05) is 13.0 Å². The van der Waals surface area contributed by atoms with E-state index >= 15 is 0 Å². The van der Waals surface area contributed by atoms with Crippen LogP contribution >= 0.6 is 11.6 Å². The zero-order valence-corrected chi connectivity index (χ0v) is 14.9. The molecule has 0 spiro atoms. The van der Waals surface area contributed by atoms with Gasteiger partial charge >= 0.3 is 0 Å². The minimum absolute atomic E-state index is 0.0493. The SMILES string of the molecule is NC(=O)C(CNc1cc(F)ccc1Cl)NC(=O)CCC1CCCCC1. The van der Waals surface area contributed by atoms with Crippen molar-refractivity contribution in [2.24, 2.45) is 11.7 Å². The summed E-state index contributed by atoms with van der Waals surface area (Å²) < 4.78 is 13.3. The average molecular weight is 370 g/mol. The van der Waals surface area contributed by atoms with E-state index < -0.39 is 17.8 Å². The molecular formula is C18H25ClFN3O2. The molecule has 138 valence electrons. The second kappa shape index (κ2) is 9.61. The largest absolute Gasteiger partial charge is 0.381 e. The van der Waals surface area contributed by atoms with Crippen molar-refractivity contribution in [1.29, 1.82) is 0 Å². The number of primary amides is 1. The van der Waals surface area contributed by atoms with E-state index in [0.29, 0.717) is 23.0 Å². The summed E-state index contributed by atoms with van der Waals surface area (Å²) in [5, 5.41) is 5.83. The van der Waals surface area contributed by atoms with Crippen LogP contribution in [-0.4, -0.2) is 24.4 Å². The molecule has 2 amide bonds. The zero-order valence-electron chi connectivity index (χ0n) is 14.2. The van der Waals surface area contributed by atoms with Crippen molar-refractivity contribution in [2.45, 2.75) is 51.0 Å². The van der Waals surface area contributed by atoms with E-state index in [1.807, 2.05) is 0 Å². The highest BCUT2D eigenvalue weighted by atomic mass is 35.5. The number of halogens is 2. The maximum absolute atomic E-state index is 13.3. The first kappa shape index (κ1) is 19.5. The molecule has 4 N–H and O–H groups in total. The maximum atomic E-state index is 13.3. The number of hydrogen-bond donors (Lipinski definition) is 3. The molecule has 1 aliphatic rings. The van der Waals surface area contributed by atoms with Gasteiger partial charge in [0.05, 0.1) is 10.7 Å². The van der Waals surface area contributed by atoms with E-state index in [9.17, 15) is 14.0 Å². The number of nitrogens with one attached hydrogen (secondary N) is 2. The molecule has 1 saturated carbocycles. The molecule has 0 bridgehead atoms. The first-order valence-corrected chi connectivity index (χ1v) is 9.11. The van der Waals surface area contributed by atoms with Crippen molar-refractivity contribution >= 4 is 29.1 Å². The van der Waals surface area contributed by atoms with Gasteiger partial charge in [-0.05, 0) is 30.5 Å². The minimum atomic E-state index is -0.877. The Morgan fingerprint density at radius 2 is 2.00 bits per heavy atom. The molecule has 1 fully saturated rings. The molecule has 25 heavy (non-hydrogen) atoms. The predicted molar refractivity (Wildman–Crippen MR) is 96.8 cm³/mol. The Hall–Kier alpha value is -1.82. The maximum Gasteiger partial charge on any atom is 0.241 e. The predicted octanol–water partition coefficient (Wildman–Crippen LogP) is 3.22. The van der Waals surface area contributed by atoms with Gasteiger partial charge < -0.3 is 16.4 Å². The van der Waals surface area contributed by atoms with Gasteiger partial charge in [0.15, 0.2) is 0 Å². The van der Waals surface area contributed by atoms with Crippen LogP contribution in [0.2, 0.25) is 5.02 Å². The molecule has 0 saturated heterocycles. The quantitative estimate of drug-likeness (QED) is 0.657. The standard InChI is InChI=1S/C18H25ClFN3O2/c19-14-8-7-13(20)10-15(14)22-11-16(18(21)25)23-17(24)9-6-12-4-2-1-3-5-12/h7-8,10,12,16,22H,1-6,9,11H2,(H2,21,25)(H,23,24). The van der Waals surface area contributed by atoms with Gasteiger partial charge in [0.2, 0.25) is 11.8 Å². The lowest BCUT2D eigenvalue weighted by Gasteiger charge is -2.22. The minimum Gasteiger partial charge on any atom is -0.381 e. The van der Waals surface area contributed by atoms with E-state index in [2.05, 4.69) is 10.6 Å². The van der Waals surface area contributed by atoms with Crippen LogP contribution < -0.4 is 16.4 Å². The van der Waals surface area contributed by atoms with Gasteiger partial charge in [0.25, 0.3) is 0 Å². The number of carbonyl (C=O) groups excluding carboxylic acids is 2. The monoisotopic (exact) mass is 369 g/mol. The van der Waals surface area contributed by atoms with Crippen molar-refractivity contribution in [3.05, 3.63) is 29.0 Å². The zero-order chi connectivity index (χ0) is 18.2. The first-order valence-electron chi connectivity index (χ1n) is 8.73. The summed E-state index contributed by atoms with van der Waals surface area (Å²) >= 11 is 5.97. The highest BCUT2D eigenvalue weighted by Crippen LogP contribution is 2.27. The molecule has 1 atom stereocenters. The van der Waals surface area contributed by atoms with Crippen molar-refractivity contribution in [3.8, 4) is 0 Å². The Balaban J connectivity index is 1.82. The normalized spacial score (nSPS) is 16.2. The van der Waals surface area contributed by atoms with Crippen LogP contribution in [0.5, 0.6) is 0 Å². The summed E-state index contributed by atoms with van der Waals surface area (Å²) in [6, 6.07) is 3.01. The van der Waals surface area contributed by atoms with E-state index in [1.165, 1.54) is 50.3 Å².